The lowest BCUT2D eigenvalue weighted by molar-refractivity contribution is 0.133. The van der Waals surface area contributed by atoms with Crippen molar-refractivity contribution in [1.29, 1.82) is 0 Å². The molecule has 3 nitrogen and oxygen atoms in total. The number of nitrogens with one attached hydrogen (secondary N) is 1. The van der Waals surface area contributed by atoms with E-state index in [1.165, 1.54) is 63.1 Å². The van der Waals surface area contributed by atoms with Crippen LogP contribution >= 0.6 is 0 Å². The Morgan fingerprint density at radius 1 is 1.14 bits per heavy atom. The van der Waals surface area contributed by atoms with Gasteiger partial charge >= 0.3 is 0 Å². The lowest BCUT2D eigenvalue weighted by Gasteiger charge is -2.45. The molecular weight excluding hydrogens is 258 g/mol. The van der Waals surface area contributed by atoms with Gasteiger partial charge in [-0.3, -0.25) is 4.90 Å². The lowest BCUT2D eigenvalue weighted by Crippen LogP contribution is -2.55. The molecule has 0 saturated carbocycles. The molecular formula is C18H29N3. The molecule has 0 spiro atoms. The van der Waals surface area contributed by atoms with E-state index in [9.17, 15) is 0 Å². The van der Waals surface area contributed by atoms with Gasteiger partial charge < -0.3 is 10.2 Å². The molecule has 1 unspecified atom stereocenters. The summed E-state index contributed by atoms with van der Waals surface area (Å²) in [5.41, 5.74) is 2.90. The van der Waals surface area contributed by atoms with Gasteiger partial charge in [0, 0.05) is 37.9 Å². The third kappa shape index (κ3) is 3.58. The molecule has 2 heterocycles. The van der Waals surface area contributed by atoms with Crippen LogP contribution < -0.4 is 10.2 Å². The maximum absolute atomic E-state index is 3.55. The van der Waals surface area contributed by atoms with E-state index in [4.69, 9.17) is 0 Å². The van der Waals surface area contributed by atoms with Gasteiger partial charge in [0.15, 0.2) is 0 Å². The number of nitrogens with zero attached hydrogens (tertiary/aromatic N) is 2. The first-order valence-corrected chi connectivity index (χ1v) is 8.66. The number of anilines is 1. The predicted octanol–water partition coefficient (Wildman–Crippen LogP) is 2.86. The molecule has 0 amide bonds. The number of hydrogen-bond donors (Lipinski definition) is 1. The van der Waals surface area contributed by atoms with Crippen molar-refractivity contribution in [1.82, 2.24) is 10.2 Å². The second-order valence-corrected chi connectivity index (χ2v) is 6.44. The van der Waals surface area contributed by atoms with Crippen molar-refractivity contribution in [2.24, 2.45) is 0 Å². The van der Waals surface area contributed by atoms with Gasteiger partial charge in [-0.15, -0.1) is 0 Å². The minimum atomic E-state index is 0.782. The fourth-order valence-corrected chi connectivity index (χ4v) is 3.74. The highest BCUT2D eigenvalue weighted by molar-refractivity contribution is 5.54. The molecule has 1 N–H and O–H groups in total. The summed E-state index contributed by atoms with van der Waals surface area (Å²) in [7, 11) is 0. The second-order valence-electron chi connectivity index (χ2n) is 6.44. The van der Waals surface area contributed by atoms with Crippen LogP contribution in [-0.4, -0.2) is 43.7 Å². The Bertz CT molecular complexity index is 446. The van der Waals surface area contributed by atoms with E-state index in [0.29, 0.717) is 0 Å². The van der Waals surface area contributed by atoms with Crippen LogP contribution in [0.4, 0.5) is 5.69 Å². The highest BCUT2D eigenvalue weighted by Crippen LogP contribution is 2.27. The Hall–Kier alpha value is -1.06. The van der Waals surface area contributed by atoms with E-state index in [1.54, 1.807) is 0 Å². The summed E-state index contributed by atoms with van der Waals surface area (Å²) in [6.45, 7) is 9.27. The number of para-hydroxylation sites is 1. The Morgan fingerprint density at radius 3 is 2.95 bits per heavy atom. The largest absolute Gasteiger partial charge is 0.368 e. The molecule has 0 radical (unpaired) electrons. The molecule has 0 aromatic heterocycles. The molecule has 2 saturated heterocycles. The van der Waals surface area contributed by atoms with Gasteiger partial charge in [-0.2, -0.15) is 0 Å². The van der Waals surface area contributed by atoms with Crippen LogP contribution in [0.1, 0.15) is 38.2 Å². The maximum Gasteiger partial charge on any atom is 0.0412 e. The Morgan fingerprint density at radius 2 is 2.05 bits per heavy atom. The number of rotatable bonds is 5. The van der Waals surface area contributed by atoms with Crippen LogP contribution in [-0.2, 0) is 6.54 Å². The van der Waals surface area contributed by atoms with Crippen LogP contribution in [0.25, 0.3) is 0 Å². The molecule has 3 rings (SSSR count). The third-order valence-electron chi connectivity index (χ3n) is 4.91. The predicted molar refractivity (Wildman–Crippen MR) is 89.9 cm³/mol. The number of piperidine rings is 1. The zero-order valence-corrected chi connectivity index (χ0v) is 13.4. The minimum Gasteiger partial charge on any atom is -0.368 e. The smallest absolute Gasteiger partial charge is 0.0412 e. The number of piperazine rings is 1. The summed E-state index contributed by atoms with van der Waals surface area (Å²) in [6, 6.07) is 9.73. The first-order valence-electron chi connectivity index (χ1n) is 8.66. The summed E-state index contributed by atoms with van der Waals surface area (Å²) >= 11 is 0. The van der Waals surface area contributed by atoms with Crippen molar-refractivity contribution in [3.8, 4) is 0 Å². The van der Waals surface area contributed by atoms with Crippen molar-refractivity contribution >= 4 is 5.69 Å². The van der Waals surface area contributed by atoms with Crippen LogP contribution in [0.3, 0.4) is 0 Å². The summed E-state index contributed by atoms with van der Waals surface area (Å²) < 4.78 is 0. The van der Waals surface area contributed by atoms with Crippen LogP contribution in [0, 0.1) is 0 Å². The molecule has 21 heavy (non-hydrogen) atoms. The van der Waals surface area contributed by atoms with Crippen molar-refractivity contribution < 1.29 is 0 Å². The maximum atomic E-state index is 3.55. The van der Waals surface area contributed by atoms with Crippen molar-refractivity contribution in [3.63, 3.8) is 0 Å². The normalized spacial score (nSPS) is 23.1. The monoisotopic (exact) mass is 287 g/mol. The molecule has 0 aliphatic carbocycles. The first kappa shape index (κ1) is 14.9. The van der Waals surface area contributed by atoms with Crippen molar-refractivity contribution in [2.45, 2.75) is 45.2 Å². The van der Waals surface area contributed by atoms with E-state index in [1.807, 2.05) is 0 Å². The number of hydrogen-bond acceptors (Lipinski definition) is 3. The molecule has 1 aromatic carbocycles. The summed E-state index contributed by atoms with van der Waals surface area (Å²) in [4.78, 5) is 5.33. The lowest BCUT2D eigenvalue weighted by atomic mass is 9.98. The van der Waals surface area contributed by atoms with Gasteiger partial charge in [0.2, 0.25) is 0 Å². The second kappa shape index (κ2) is 7.28. The van der Waals surface area contributed by atoms with Gasteiger partial charge in [-0.1, -0.05) is 31.5 Å². The van der Waals surface area contributed by atoms with E-state index < -0.39 is 0 Å². The average Bonchev–Trinajstić information content (AvgIpc) is 2.55. The van der Waals surface area contributed by atoms with E-state index in [2.05, 4.69) is 46.3 Å². The van der Waals surface area contributed by atoms with Gasteiger partial charge in [-0.05, 0) is 44.0 Å². The fourth-order valence-electron chi connectivity index (χ4n) is 3.74. The molecule has 2 aliphatic rings. The van der Waals surface area contributed by atoms with Crippen LogP contribution in [0.15, 0.2) is 24.3 Å². The van der Waals surface area contributed by atoms with Gasteiger partial charge in [0.25, 0.3) is 0 Å². The average molecular weight is 287 g/mol. The highest BCUT2D eigenvalue weighted by Gasteiger charge is 2.29. The van der Waals surface area contributed by atoms with Crippen LogP contribution in [0.5, 0.6) is 0 Å². The minimum absolute atomic E-state index is 0.782. The standard InChI is InChI=1S/C18H29N3/c1-2-10-19-14-16-7-3-4-9-18(16)21-13-12-20-11-6-5-8-17(20)15-21/h3-4,7,9,17,19H,2,5-6,8,10-15H2,1H3. The van der Waals surface area contributed by atoms with Crippen molar-refractivity contribution in [3.05, 3.63) is 29.8 Å². The van der Waals surface area contributed by atoms with Gasteiger partial charge in [-0.25, -0.2) is 0 Å². The SMILES string of the molecule is CCCNCc1ccccc1N1CCN2CCCCC2C1. The summed E-state index contributed by atoms with van der Waals surface area (Å²) in [5.74, 6) is 0. The Balaban J connectivity index is 1.68. The fraction of sp³-hybridized carbons (Fsp3) is 0.667. The molecule has 2 fully saturated rings. The van der Waals surface area contributed by atoms with Crippen LogP contribution in [0.2, 0.25) is 0 Å². The molecule has 0 bridgehead atoms. The Kier molecular flexibility index (Phi) is 5.15. The quantitative estimate of drug-likeness (QED) is 0.840. The Labute approximate surface area is 129 Å². The molecule has 1 atom stereocenters. The summed E-state index contributed by atoms with van der Waals surface area (Å²) in [5, 5.41) is 3.55. The van der Waals surface area contributed by atoms with E-state index in [0.717, 1.165) is 19.1 Å². The number of benzene rings is 1. The number of fused-ring (bicyclic) bond motifs is 1. The molecule has 1 aromatic rings. The first-order chi connectivity index (χ1) is 10.4. The van der Waals surface area contributed by atoms with E-state index in [-0.39, 0.29) is 0 Å². The third-order valence-corrected chi connectivity index (χ3v) is 4.91. The zero-order valence-electron chi connectivity index (χ0n) is 13.4. The summed E-state index contributed by atoms with van der Waals surface area (Å²) in [6.07, 6.45) is 5.39. The topological polar surface area (TPSA) is 18.5 Å². The molecule has 3 heteroatoms. The van der Waals surface area contributed by atoms with E-state index >= 15 is 0 Å². The van der Waals surface area contributed by atoms with Gasteiger partial charge in [0.05, 0.1) is 0 Å². The highest BCUT2D eigenvalue weighted by atomic mass is 15.3. The molecule has 2 aliphatic heterocycles. The zero-order chi connectivity index (χ0) is 14.5. The molecule has 116 valence electrons. The van der Waals surface area contributed by atoms with Gasteiger partial charge in [0.1, 0.15) is 0 Å². The van der Waals surface area contributed by atoms with Crippen molar-refractivity contribution in [2.75, 3.05) is 37.6 Å².